The highest BCUT2D eigenvalue weighted by Crippen LogP contribution is 2.21. The lowest BCUT2D eigenvalue weighted by Gasteiger charge is -2.00. The molecule has 0 saturated carbocycles. The van der Waals surface area contributed by atoms with Gasteiger partial charge in [-0.3, -0.25) is 0 Å². The second kappa shape index (κ2) is 6.31. The zero-order valence-corrected chi connectivity index (χ0v) is 12.1. The summed E-state index contributed by atoms with van der Waals surface area (Å²) >= 11 is 3.32. The Labute approximate surface area is 114 Å². The maximum absolute atomic E-state index is 5.52. The van der Waals surface area contributed by atoms with E-state index in [1.165, 1.54) is 11.3 Å². The van der Waals surface area contributed by atoms with Crippen LogP contribution < -0.4 is 5.73 Å². The van der Waals surface area contributed by atoms with E-state index in [0.717, 1.165) is 22.3 Å². The molecule has 2 heterocycles. The van der Waals surface area contributed by atoms with Gasteiger partial charge in [-0.15, -0.1) is 11.3 Å². The fourth-order valence-corrected chi connectivity index (χ4v) is 2.84. The van der Waals surface area contributed by atoms with Crippen molar-refractivity contribution < 1.29 is 4.52 Å². The Morgan fingerprint density at radius 1 is 1.44 bits per heavy atom. The maximum atomic E-state index is 5.52. The molecule has 0 radical (unpaired) electrons. The molecule has 0 fully saturated rings. The Bertz CT molecular complexity index is 495. The van der Waals surface area contributed by atoms with E-state index in [0.29, 0.717) is 24.0 Å². The van der Waals surface area contributed by atoms with Crippen molar-refractivity contribution in [1.29, 1.82) is 0 Å². The Morgan fingerprint density at radius 2 is 2.28 bits per heavy atom. The molecule has 0 aliphatic heterocycles. The van der Waals surface area contributed by atoms with Gasteiger partial charge in [0.15, 0.2) is 5.82 Å². The number of nitrogens with two attached hydrogens (primary N) is 1. The lowest BCUT2D eigenvalue weighted by Crippen LogP contribution is -1.94. The first kappa shape index (κ1) is 13.5. The standard InChI is InChI=1S/C11H16N4OS2/c1-7(2)4-17-6-9-14-11(16-15-9)8-5-18-10(3-12)13-8/h5,7H,3-4,6,12H2,1-2H3. The van der Waals surface area contributed by atoms with Crippen LogP contribution >= 0.6 is 23.1 Å². The van der Waals surface area contributed by atoms with Crippen LogP contribution in [0.1, 0.15) is 24.7 Å². The average molecular weight is 284 g/mol. The predicted molar refractivity (Wildman–Crippen MR) is 74.3 cm³/mol. The summed E-state index contributed by atoms with van der Waals surface area (Å²) in [7, 11) is 0. The summed E-state index contributed by atoms with van der Waals surface area (Å²) in [5, 5.41) is 6.71. The minimum Gasteiger partial charge on any atom is -0.332 e. The monoisotopic (exact) mass is 284 g/mol. The number of thioether (sulfide) groups is 1. The first-order valence-electron chi connectivity index (χ1n) is 5.74. The van der Waals surface area contributed by atoms with Gasteiger partial charge < -0.3 is 10.3 Å². The molecule has 0 aromatic carbocycles. The number of thiazole rings is 1. The van der Waals surface area contributed by atoms with Crippen LogP contribution in [0.5, 0.6) is 0 Å². The molecule has 0 bridgehead atoms. The number of hydrogen-bond acceptors (Lipinski definition) is 7. The third-order valence-corrected chi connectivity index (χ3v) is 4.33. The van der Waals surface area contributed by atoms with E-state index in [-0.39, 0.29) is 0 Å². The molecule has 0 saturated heterocycles. The Hall–Kier alpha value is -0.920. The second-order valence-electron chi connectivity index (χ2n) is 4.26. The van der Waals surface area contributed by atoms with Gasteiger partial charge in [-0.05, 0) is 11.7 Å². The zero-order valence-electron chi connectivity index (χ0n) is 10.4. The second-order valence-corrected chi connectivity index (χ2v) is 6.23. The van der Waals surface area contributed by atoms with E-state index >= 15 is 0 Å². The van der Waals surface area contributed by atoms with Crippen molar-refractivity contribution in [3.05, 3.63) is 16.2 Å². The van der Waals surface area contributed by atoms with E-state index in [1.807, 2.05) is 17.1 Å². The van der Waals surface area contributed by atoms with Crippen molar-refractivity contribution in [2.45, 2.75) is 26.1 Å². The molecule has 0 unspecified atom stereocenters. The molecular weight excluding hydrogens is 268 g/mol. The molecule has 0 aliphatic rings. The highest BCUT2D eigenvalue weighted by Gasteiger charge is 2.12. The quantitative estimate of drug-likeness (QED) is 0.878. The van der Waals surface area contributed by atoms with Crippen molar-refractivity contribution in [3.8, 4) is 11.6 Å². The Kier molecular flexibility index (Phi) is 4.73. The third kappa shape index (κ3) is 3.54. The molecule has 0 atom stereocenters. The fourth-order valence-electron chi connectivity index (χ4n) is 1.31. The van der Waals surface area contributed by atoms with Crippen molar-refractivity contribution in [1.82, 2.24) is 15.1 Å². The summed E-state index contributed by atoms with van der Waals surface area (Å²) in [6.45, 7) is 4.83. The van der Waals surface area contributed by atoms with Crippen LogP contribution in [-0.4, -0.2) is 20.9 Å². The molecule has 98 valence electrons. The van der Waals surface area contributed by atoms with Crippen LogP contribution in [0.2, 0.25) is 0 Å². The van der Waals surface area contributed by atoms with E-state index in [1.54, 1.807) is 0 Å². The molecule has 18 heavy (non-hydrogen) atoms. The maximum Gasteiger partial charge on any atom is 0.277 e. The summed E-state index contributed by atoms with van der Waals surface area (Å²) in [4.78, 5) is 8.64. The van der Waals surface area contributed by atoms with Crippen LogP contribution in [0.25, 0.3) is 11.6 Å². The van der Waals surface area contributed by atoms with Crippen LogP contribution in [0, 0.1) is 5.92 Å². The minimum absolute atomic E-state index is 0.440. The van der Waals surface area contributed by atoms with Gasteiger partial charge in [0.25, 0.3) is 5.89 Å². The molecule has 0 amide bonds. The van der Waals surface area contributed by atoms with E-state index in [2.05, 4.69) is 29.0 Å². The normalized spacial score (nSPS) is 11.3. The largest absolute Gasteiger partial charge is 0.332 e. The van der Waals surface area contributed by atoms with Crippen LogP contribution in [0.3, 0.4) is 0 Å². The molecule has 2 aromatic rings. The smallest absolute Gasteiger partial charge is 0.277 e. The first-order chi connectivity index (χ1) is 8.69. The zero-order chi connectivity index (χ0) is 13.0. The van der Waals surface area contributed by atoms with Crippen LogP contribution in [0.4, 0.5) is 0 Å². The van der Waals surface area contributed by atoms with Gasteiger partial charge >= 0.3 is 0 Å². The minimum atomic E-state index is 0.440. The summed E-state index contributed by atoms with van der Waals surface area (Å²) in [5.41, 5.74) is 6.23. The summed E-state index contributed by atoms with van der Waals surface area (Å²) < 4.78 is 5.19. The molecule has 2 rings (SSSR count). The highest BCUT2D eigenvalue weighted by atomic mass is 32.2. The van der Waals surface area contributed by atoms with E-state index in [9.17, 15) is 0 Å². The summed E-state index contributed by atoms with van der Waals surface area (Å²) in [6, 6.07) is 0. The third-order valence-electron chi connectivity index (χ3n) is 2.10. The lowest BCUT2D eigenvalue weighted by atomic mass is 10.3. The summed E-state index contributed by atoms with van der Waals surface area (Å²) in [6.07, 6.45) is 0. The lowest BCUT2D eigenvalue weighted by molar-refractivity contribution is 0.424. The average Bonchev–Trinajstić information content (AvgIpc) is 2.95. The van der Waals surface area contributed by atoms with Crippen LogP contribution in [-0.2, 0) is 12.3 Å². The Morgan fingerprint density at radius 3 is 2.94 bits per heavy atom. The fraction of sp³-hybridized carbons (Fsp3) is 0.545. The number of nitrogens with zero attached hydrogens (tertiary/aromatic N) is 3. The van der Waals surface area contributed by atoms with E-state index in [4.69, 9.17) is 10.3 Å². The number of hydrogen-bond donors (Lipinski definition) is 1. The van der Waals surface area contributed by atoms with Gasteiger partial charge in [-0.25, -0.2) is 4.98 Å². The van der Waals surface area contributed by atoms with Gasteiger partial charge in [0.1, 0.15) is 10.7 Å². The molecule has 7 heteroatoms. The van der Waals surface area contributed by atoms with Gasteiger partial charge in [0.05, 0.1) is 5.75 Å². The highest BCUT2D eigenvalue weighted by molar-refractivity contribution is 7.98. The molecule has 2 N–H and O–H groups in total. The number of rotatable bonds is 6. The van der Waals surface area contributed by atoms with Crippen molar-refractivity contribution in [3.63, 3.8) is 0 Å². The van der Waals surface area contributed by atoms with Gasteiger partial charge in [0, 0.05) is 11.9 Å². The molecule has 2 aromatic heterocycles. The topological polar surface area (TPSA) is 77.8 Å². The molecule has 0 aliphatic carbocycles. The SMILES string of the molecule is CC(C)CSCc1noc(-c2csc(CN)n2)n1. The van der Waals surface area contributed by atoms with Crippen molar-refractivity contribution in [2.24, 2.45) is 11.7 Å². The van der Waals surface area contributed by atoms with Crippen molar-refractivity contribution >= 4 is 23.1 Å². The van der Waals surface area contributed by atoms with E-state index < -0.39 is 0 Å². The molecule has 0 spiro atoms. The van der Waals surface area contributed by atoms with Gasteiger partial charge in [-0.2, -0.15) is 16.7 Å². The van der Waals surface area contributed by atoms with Gasteiger partial charge in [-0.1, -0.05) is 19.0 Å². The Balaban J connectivity index is 1.97. The number of aromatic nitrogens is 3. The van der Waals surface area contributed by atoms with Gasteiger partial charge in [0.2, 0.25) is 0 Å². The molecule has 5 nitrogen and oxygen atoms in total. The predicted octanol–water partition coefficient (Wildman–Crippen LogP) is 2.54. The van der Waals surface area contributed by atoms with Crippen LogP contribution in [0.15, 0.2) is 9.90 Å². The van der Waals surface area contributed by atoms with Crippen molar-refractivity contribution in [2.75, 3.05) is 5.75 Å². The molecular formula is C11H16N4OS2. The summed E-state index contributed by atoms with van der Waals surface area (Å²) in [5.74, 6) is 3.74. The first-order valence-corrected chi connectivity index (χ1v) is 7.77.